The van der Waals surface area contributed by atoms with E-state index >= 15 is 0 Å². The van der Waals surface area contributed by atoms with Crippen molar-refractivity contribution >= 4 is 27.3 Å². The lowest BCUT2D eigenvalue weighted by molar-refractivity contribution is -0.116. The number of fused-ring (bicyclic) bond motifs is 2. The Hall–Kier alpha value is -3.53. The highest BCUT2D eigenvalue weighted by Crippen LogP contribution is 2.35. The normalized spacial score (nSPS) is 14.5. The number of nitrogens with zero attached hydrogens (tertiary/aromatic N) is 3. The molecule has 5 rings (SSSR count). The molecule has 0 bridgehead atoms. The largest absolute Gasteiger partial charge is 0.454 e. The highest BCUT2D eigenvalue weighted by Gasteiger charge is 2.35. The zero-order chi connectivity index (χ0) is 22.5. The van der Waals surface area contributed by atoms with Crippen LogP contribution in [0.4, 0.5) is 11.4 Å². The number of aryl methyl sites for hydroxylation is 1. The van der Waals surface area contributed by atoms with Crippen LogP contribution in [0.1, 0.15) is 17.0 Å². The topological polar surface area (TPSA) is 103 Å². The summed E-state index contributed by atoms with van der Waals surface area (Å²) >= 11 is 0. The van der Waals surface area contributed by atoms with E-state index < -0.39 is 10.0 Å². The summed E-state index contributed by atoms with van der Waals surface area (Å²) in [6, 6.07) is 12.6. The number of sulfonamides is 1. The summed E-state index contributed by atoms with van der Waals surface area (Å²) < 4.78 is 40.4. The van der Waals surface area contributed by atoms with Crippen molar-refractivity contribution < 1.29 is 22.7 Å². The first-order chi connectivity index (χ1) is 15.3. The van der Waals surface area contributed by atoms with Crippen molar-refractivity contribution in [2.24, 2.45) is 0 Å². The second kappa shape index (κ2) is 7.56. The first kappa shape index (κ1) is 20.4. The van der Waals surface area contributed by atoms with E-state index in [1.165, 1.54) is 8.99 Å². The first-order valence-corrected chi connectivity index (χ1v) is 11.6. The Morgan fingerprint density at radius 1 is 1.12 bits per heavy atom. The van der Waals surface area contributed by atoms with Crippen molar-refractivity contribution in [1.29, 1.82) is 0 Å². The Bertz CT molecular complexity index is 1330. The van der Waals surface area contributed by atoms with Gasteiger partial charge in [-0.2, -0.15) is 5.10 Å². The van der Waals surface area contributed by atoms with Gasteiger partial charge in [-0.15, -0.1) is 0 Å². The number of benzene rings is 2. The van der Waals surface area contributed by atoms with Crippen LogP contribution in [0.5, 0.6) is 11.5 Å². The molecule has 166 valence electrons. The Balaban J connectivity index is 1.38. The number of carbonyl (C=O) groups is 1. The van der Waals surface area contributed by atoms with E-state index in [0.29, 0.717) is 47.2 Å². The van der Waals surface area contributed by atoms with Gasteiger partial charge in [0.1, 0.15) is 11.4 Å². The summed E-state index contributed by atoms with van der Waals surface area (Å²) in [6.45, 7) is 3.73. The van der Waals surface area contributed by atoms with Crippen molar-refractivity contribution in [2.45, 2.75) is 31.7 Å². The molecule has 0 spiro atoms. The van der Waals surface area contributed by atoms with Gasteiger partial charge in [-0.05, 0) is 44.0 Å². The van der Waals surface area contributed by atoms with E-state index in [0.717, 1.165) is 5.56 Å². The van der Waals surface area contributed by atoms with Gasteiger partial charge < -0.3 is 14.8 Å². The number of aromatic nitrogens is 2. The van der Waals surface area contributed by atoms with Gasteiger partial charge in [0, 0.05) is 18.3 Å². The summed E-state index contributed by atoms with van der Waals surface area (Å²) in [5, 5.41) is 7.14. The fraction of sp³-hybridized carbons (Fsp3) is 0.273. The lowest BCUT2D eigenvalue weighted by atomic mass is 10.2. The number of carbonyl (C=O) groups excluding carboxylic acids is 1. The maximum atomic E-state index is 13.5. The third-order valence-electron chi connectivity index (χ3n) is 5.66. The Morgan fingerprint density at radius 2 is 1.91 bits per heavy atom. The molecule has 0 fully saturated rings. The minimum atomic E-state index is -3.81. The molecule has 3 aromatic rings. The average Bonchev–Trinajstić information content (AvgIpc) is 3.45. The van der Waals surface area contributed by atoms with Gasteiger partial charge in [0.2, 0.25) is 12.7 Å². The highest BCUT2D eigenvalue weighted by molar-refractivity contribution is 7.93. The van der Waals surface area contributed by atoms with E-state index in [9.17, 15) is 13.2 Å². The molecule has 0 unspecified atom stereocenters. The molecule has 2 aliphatic heterocycles. The molecule has 2 aromatic carbocycles. The van der Waals surface area contributed by atoms with Gasteiger partial charge in [0.15, 0.2) is 11.5 Å². The van der Waals surface area contributed by atoms with Gasteiger partial charge in [-0.3, -0.25) is 13.8 Å². The van der Waals surface area contributed by atoms with Crippen LogP contribution < -0.4 is 19.1 Å². The Kier molecular flexibility index (Phi) is 4.81. The van der Waals surface area contributed by atoms with Gasteiger partial charge in [-0.1, -0.05) is 18.2 Å². The van der Waals surface area contributed by atoms with Crippen LogP contribution in [-0.2, 0) is 27.8 Å². The lowest BCUT2D eigenvalue weighted by Crippen LogP contribution is -2.30. The molecule has 9 nitrogen and oxygen atoms in total. The molecule has 1 amide bonds. The first-order valence-electron chi connectivity index (χ1n) is 10.2. The molecular weight excluding hydrogens is 432 g/mol. The number of rotatable bonds is 5. The molecule has 3 heterocycles. The zero-order valence-corrected chi connectivity index (χ0v) is 18.5. The van der Waals surface area contributed by atoms with Crippen molar-refractivity contribution in [3.63, 3.8) is 0 Å². The van der Waals surface area contributed by atoms with Crippen LogP contribution in [0.3, 0.4) is 0 Å². The number of anilines is 2. The third-order valence-corrected chi connectivity index (χ3v) is 7.72. The second-order valence-electron chi connectivity index (χ2n) is 7.73. The van der Waals surface area contributed by atoms with E-state index in [1.54, 1.807) is 32.0 Å². The number of hydrogen-bond acceptors (Lipinski definition) is 6. The van der Waals surface area contributed by atoms with Crippen molar-refractivity contribution in [3.8, 4) is 11.5 Å². The van der Waals surface area contributed by atoms with Gasteiger partial charge in [-0.25, -0.2) is 8.42 Å². The summed E-state index contributed by atoms with van der Waals surface area (Å²) in [5.41, 5.74) is 3.04. The minimum absolute atomic E-state index is 0.118. The van der Waals surface area contributed by atoms with Crippen LogP contribution in [-0.4, -0.2) is 37.4 Å². The quantitative estimate of drug-likeness (QED) is 0.636. The molecule has 0 aliphatic carbocycles. The fourth-order valence-electron chi connectivity index (χ4n) is 4.19. The van der Waals surface area contributed by atoms with Crippen molar-refractivity contribution in [2.75, 3.05) is 23.0 Å². The number of nitrogens with one attached hydrogen (secondary N) is 1. The molecule has 1 N–H and O–H groups in total. The van der Waals surface area contributed by atoms with Crippen LogP contribution in [0.15, 0.2) is 47.4 Å². The van der Waals surface area contributed by atoms with Crippen LogP contribution in [0.2, 0.25) is 0 Å². The molecular formula is C22H22N4O5S. The predicted molar refractivity (Wildman–Crippen MR) is 118 cm³/mol. The number of ether oxygens (including phenoxy) is 2. The Morgan fingerprint density at radius 3 is 2.75 bits per heavy atom. The summed E-state index contributed by atoms with van der Waals surface area (Å²) in [6.07, 6.45) is 0.666. The number of para-hydroxylation sites is 1. The van der Waals surface area contributed by atoms with Crippen LogP contribution >= 0.6 is 0 Å². The third kappa shape index (κ3) is 3.36. The fourth-order valence-corrected chi connectivity index (χ4v) is 6.07. The van der Waals surface area contributed by atoms with E-state index in [-0.39, 0.29) is 24.1 Å². The maximum absolute atomic E-state index is 13.5. The van der Waals surface area contributed by atoms with Crippen LogP contribution in [0, 0.1) is 13.8 Å². The SMILES string of the molecule is Cc1nn(CC(=O)Nc2ccc3c(c2)OCO3)c(C)c1S(=O)(=O)N1CCc2ccccc21. The zero-order valence-electron chi connectivity index (χ0n) is 17.7. The second-order valence-corrected chi connectivity index (χ2v) is 9.53. The average molecular weight is 455 g/mol. The van der Waals surface area contributed by atoms with Gasteiger partial charge in [0.05, 0.1) is 17.1 Å². The van der Waals surface area contributed by atoms with E-state index in [2.05, 4.69) is 10.4 Å². The summed E-state index contributed by atoms with van der Waals surface area (Å²) in [7, 11) is -3.81. The predicted octanol–water partition coefficient (Wildman–Crippen LogP) is 2.62. The molecule has 1 aromatic heterocycles. The van der Waals surface area contributed by atoms with E-state index in [4.69, 9.17) is 9.47 Å². The molecule has 0 saturated carbocycles. The van der Waals surface area contributed by atoms with Crippen LogP contribution in [0.25, 0.3) is 0 Å². The van der Waals surface area contributed by atoms with Crippen molar-refractivity contribution in [3.05, 3.63) is 59.4 Å². The Labute approximate surface area is 185 Å². The number of amides is 1. The standard InChI is InChI=1S/C22H22N4O5S/c1-14-22(32(28,29)26-10-9-16-5-3-4-6-18(16)26)15(2)25(24-14)12-21(27)23-17-7-8-19-20(11-17)31-13-30-19/h3-8,11H,9-10,12-13H2,1-2H3,(H,23,27). The van der Waals surface area contributed by atoms with Crippen molar-refractivity contribution in [1.82, 2.24) is 9.78 Å². The monoisotopic (exact) mass is 454 g/mol. The molecule has 0 atom stereocenters. The maximum Gasteiger partial charge on any atom is 0.268 e. The lowest BCUT2D eigenvalue weighted by Gasteiger charge is -2.19. The minimum Gasteiger partial charge on any atom is -0.454 e. The molecule has 0 saturated heterocycles. The molecule has 0 radical (unpaired) electrons. The van der Waals surface area contributed by atoms with Gasteiger partial charge in [0.25, 0.3) is 10.0 Å². The molecule has 32 heavy (non-hydrogen) atoms. The smallest absolute Gasteiger partial charge is 0.268 e. The van der Waals surface area contributed by atoms with E-state index in [1.807, 2.05) is 24.3 Å². The summed E-state index contributed by atoms with van der Waals surface area (Å²) in [5.74, 6) is 0.859. The van der Waals surface area contributed by atoms with Gasteiger partial charge >= 0.3 is 0 Å². The molecule has 10 heteroatoms. The molecule has 2 aliphatic rings. The summed E-state index contributed by atoms with van der Waals surface area (Å²) in [4.78, 5) is 12.8. The number of hydrogen-bond donors (Lipinski definition) is 1. The highest BCUT2D eigenvalue weighted by atomic mass is 32.2.